The lowest BCUT2D eigenvalue weighted by Crippen LogP contribution is -2.29. The summed E-state index contributed by atoms with van der Waals surface area (Å²) in [6.45, 7) is 0. The minimum atomic E-state index is -3.68. The molecule has 2 aromatic carbocycles. The first-order valence-corrected chi connectivity index (χ1v) is 8.80. The summed E-state index contributed by atoms with van der Waals surface area (Å²) in [4.78, 5) is 23.8. The van der Waals surface area contributed by atoms with Crippen LogP contribution in [-0.2, 0) is 14.8 Å². The molecule has 6 nitrogen and oxygen atoms in total. The molecule has 1 fully saturated rings. The molecule has 1 aliphatic heterocycles. The summed E-state index contributed by atoms with van der Waals surface area (Å²) in [6.07, 6.45) is -0.0876. The monoisotopic (exact) mass is 366 g/mol. The van der Waals surface area contributed by atoms with Gasteiger partial charge in [0, 0.05) is 23.7 Å². The molecule has 1 saturated heterocycles. The van der Waals surface area contributed by atoms with Crippen LogP contribution in [0.3, 0.4) is 0 Å². The van der Waals surface area contributed by atoms with Crippen LogP contribution in [0.5, 0.6) is 0 Å². The zero-order valence-corrected chi connectivity index (χ0v) is 13.5. The Morgan fingerprint density at radius 1 is 1.04 bits per heavy atom. The molecule has 1 aliphatic rings. The van der Waals surface area contributed by atoms with Gasteiger partial charge >= 0.3 is 0 Å². The molecule has 0 radical (unpaired) electrons. The molecule has 0 aromatic heterocycles. The van der Waals surface area contributed by atoms with Crippen molar-refractivity contribution in [2.45, 2.75) is 6.42 Å². The predicted molar refractivity (Wildman–Crippen MR) is 86.6 cm³/mol. The Labute approximate surface area is 142 Å². The van der Waals surface area contributed by atoms with Crippen LogP contribution in [0.4, 0.5) is 20.2 Å². The molecule has 0 unspecified atom stereocenters. The zero-order chi connectivity index (χ0) is 18.2. The Morgan fingerprint density at radius 3 is 2.16 bits per heavy atom. The second kappa shape index (κ2) is 6.25. The smallest absolute Gasteiger partial charge is 0.255 e. The van der Waals surface area contributed by atoms with E-state index in [4.69, 9.17) is 0 Å². The standard InChI is InChI=1S/C16H12F2N2O4S/c17-11-7-12(18)9-13(8-11)19-16(22)10-1-3-14(4-2-10)20-15(21)5-6-25(20,23)24/h1-4,7-9H,5-6H2,(H,19,22). The van der Waals surface area contributed by atoms with Crippen LogP contribution in [0.25, 0.3) is 0 Å². The van der Waals surface area contributed by atoms with Crippen molar-refractivity contribution in [1.29, 1.82) is 0 Å². The molecular weight excluding hydrogens is 354 g/mol. The van der Waals surface area contributed by atoms with Gasteiger partial charge in [-0.3, -0.25) is 9.59 Å². The lowest BCUT2D eigenvalue weighted by Gasteiger charge is -2.15. The molecule has 0 spiro atoms. The van der Waals surface area contributed by atoms with E-state index in [0.717, 1.165) is 12.1 Å². The van der Waals surface area contributed by atoms with Gasteiger partial charge in [-0.1, -0.05) is 0 Å². The lowest BCUT2D eigenvalue weighted by molar-refractivity contribution is -0.116. The van der Waals surface area contributed by atoms with Crippen molar-refractivity contribution in [2.24, 2.45) is 0 Å². The molecule has 2 aromatic rings. The average molecular weight is 366 g/mol. The molecule has 9 heteroatoms. The summed E-state index contributed by atoms with van der Waals surface area (Å²) in [7, 11) is -3.68. The number of sulfonamides is 1. The summed E-state index contributed by atoms with van der Waals surface area (Å²) >= 11 is 0. The average Bonchev–Trinajstić information content (AvgIpc) is 2.79. The van der Waals surface area contributed by atoms with Crippen molar-refractivity contribution in [2.75, 3.05) is 15.4 Å². The molecule has 0 aliphatic carbocycles. The minimum absolute atomic E-state index is 0.0520. The first-order chi connectivity index (χ1) is 11.8. The Bertz CT molecular complexity index is 938. The van der Waals surface area contributed by atoms with Gasteiger partial charge in [-0.05, 0) is 36.4 Å². The molecule has 25 heavy (non-hydrogen) atoms. The van der Waals surface area contributed by atoms with Crippen LogP contribution < -0.4 is 9.62 Å². The summed E-state index contributed by atoms with van der Waals surface area (Å²) in [5, 5.41) is 2.34. The summed E-state index contributed by atoms with van der Waals surface area (Å²) in [5.74, 6) is -3.08. The normalized spacial score (nSPS) is 16.1. The van der Waals surface area contributed by atoms with E-state index in [2.05, 4.69) is 5.32 Å². The largest absolute Gasteiger partial charge is 0.322 e. The predicted octanol–water partition coefficient (Wildman–Crippen LogP) is 2.28. The molecule has 1 heterocycles. The van der Waals surface area contributed by atoms with E-state index in [9.17, 15) is 26.8 Å². The molecule has 0 atom stereocenters. The SMILES string of the molecule is O=C(Nc1cc(F)cc(F)c1)c1ccc(N2C(=O)CCS2(=O)=O)cc1. The van der Waals surface area contributed by atoms with Crippen molar-refractivity contribution in [3.8, 4) is 0 Å². The van der Waals surface area contributed by atoms with Crippen LogP contribution in [-0.4, -0.2) is 26.0 Å². The van der Waals surface area contributed by atoms with Gasteiger partial charge in [-0.25, -0.2) is 21.5 Å². The molecule has 130 valence electrons. The maximum atomic E-state index is 13.1. The maximum Gasteiger partial charge on any atom is 0.255 e. The number of carbonyl (C=O) groups is 2. The minimum Gasteiger partial charge on any atom is -0.322 e. The van der Waals surface area contributed by atoms with Crippen LogP contribution in [0.15, 0.2) is 42.5 Å². The Kier molecular flexibility index (Phi) is 4.25. The number of anilines is 2. The van der Waals surface area contributed by atoms with Crippen molar-refractivity contribution < 1.29 is 26.8 Å². The Hall–Kier alpha value is -2.81. The highest BCUT2D eigenvalue weighted by atomic mass is 32.2. The fraction of sp³-hybridized carbons (Fsp3) is 0.125. The van der Waals surface area contributed by atoms with Crippen LogP contribution >= 0.6 is 0 Å². The number of hydrogen-bond acceptors (Lipinski definition) is 4. The second-order valence-electron chi connectivity index (χ2n) is 5.38. The highest BCUT2D eigenvalue weighted by Crippen LogP contribution is 2.25. The summed E-state index contributed by atoms with van der Waals surface area (Å²) in [6, 6.07) is 7.89. The topological polar surface area (TPSA) is 83.6 Å². The first-order valence-electron chi connectivity index (χ1n) is 7.19. The van der Waals surface area contributed by atoms with Gasteiger partial charge in [0.15, 0.2) is 0 Å². The number of halogens is 2. The summed E-state index contributed by atoms with van der Waals surface area (Å²) in [5.41, 5.74) is 0.220. The second-order valence-corrected chi connectivity index (χ2v) is 7.32. The van der Waals surface area contributed by atoms with E-state index in [1.54, 1.807) is 0 Å². The maximum absolute atomic E-state index is 13.1. The first kappa shape index (κ1) is 17.0. The van der Waals surface area contributed by atoms with Crippen molar-refractivity contribution in [3.63, 3.8) is 0 Å². The van der Waals surface area contributed by atoms with Gasteiger partial charge < -0.3 is 5.32 Å². The number of amides is 2. The van der Waals surface area contributed by atoms with Gasteiger partial charge in [0.2, 0.25) is 15.9 Å². The molecule has 0 saturated carbocycles. The van der Waals surface area contributed by atoms with E-state index in [1.807, 2.05) is 0 Å². The summed E-state index contributed by atoms with van der Waals surface area (Å²) < 4.78 is 50.7. The van der Waals surface area contributed by atoms with Crippen molar-refractivity contribution >= 4 is 33.2 Å². The van der Waals surface area contributed by atoms with E-state index >= 15 is 0 Å². The van der Waals surface area contributed by atoms with E-state index in [0.29, 0.717) is 10.4 Å². The highest BCUT2D eigenvalue weighted by molar-refractivity contribution is 7.94. The third-order valence-electron chi connectivity index (χ3n) is 3.56. The van der Waals surface area contributed by atoms with E-state index in [-0.39, 0.29) is 29.1 Å². The molecule has 3 rings (SSSR count). The molecule has 0 bridgehead atoms. The van der Waals surface area contributed by atoms with Gasteiger partial charge in [0.25, 0.3) is 5.91 Å². The lowest BCUT2D eigenvalue weighted by atomic mass is 10.2. The molecule has 2 amide bonds. The number of carbonyl (C=O) groups excluding carboxylic acids is 2. The highest BCUT2D eigenvalue weighted by Gasteiger charge is 2.36. The Balaban J connectivity index is 1.80. The quantitative estimate of drug-likeness (QED) is 0.903. The van der Waals surface area contributed by atoms with E-state index in [1.165, 1.54) is 24.3 Å². The number of benzene rings is 2. The third-order valence-corrected chi connectivity index (χ3v) is 5.25. The molecule has 1 N–H and O–H groups in total. The van der Waals surface area contributed by atoms with Gasteiger partial charge in [-0.2, -0.15) is 0 Å². The van der Waals surface area contributed by atoms with Crippen molar-refractivity contribution in [3.05, 3.63) is 59.7 Å². The van der Waals surface area contributed by atoms with Crippen LogP contribution in [0, 0.1) is 11.6 Å². The molecular formula is C16H12F2N2O4S. The fourth-order valence-corrected chi connectivity index (χ4v) is 3.91. The number of nitrogens with one attached hydrogen (secondary N) is 1. The van der Waals surface area contributed by atoms with Gasteiger partial charge in [0.05, 0.1) is 11.4 Å². The van der Waals surface area contributed by atoms with Crippen LogP contribution in [0.2, 0.25) is 0 Å². The van der Waals surface area contributed by atoms with E-state index < -0.39 is 33.5 Å². The van der Waals surface area contributed by atoms with Crippen molar-refractivity contribution in [1.82, 2.24) is 0 Å². The number of nitrogens with zero attached hydrogens (tertiary/aromatic N) is 1. The van der Waals surface area contributed by atoms with Gasteiger partial charge in [-0.15, -0.1) is 0 Å². The van der Waals surface area contributed by atoms with Gasteiger partial charge in [0.1, 0.15) is 11.6 Å². The number of rotatable bonds is 3. The zero-order valence-electron chi connectivity index (χ0n) is 12.7. The fourth-order valence-electron chi connectivity index (χ4n) is 2.45. The number of hydrogen-bond donors (Lipinski definition) is 1. The Morgan fingerprint density at radius 2 is 1.64 bits per heavy atom. The van der Waals surface area contributed by atoms with Crippen LogP contribution in [0.1, 0.15) is 16.8 Å². The third kappa shape index (κ3) is 3.50.